The molecule has 0 unspecified atom stereocenters. The summed E-state index contributed by atoms with van der Waals surface area (Å²) in [6.45, 7) is 2.13. The molecule has 2 rings (SSSR count). The van der Waals surface area contributed by atoms with E-state index in [1.165, 1.54) is 12.0 Å². The lowest BCUT2D eigenvalue weighted by molar-refractivity contribution is 0.651. The van der Waals surface area contributed by atoms with Crippen LogP contribution in [0.2, 0.25) is 0 Å². The van der Waals surface area contributed by atoms with Crippen molar-refractivity contribution in [1.82, 2.24) is 4.98 Å². The number of nitrogens with one attached hydrogen (secondary N) is 1. The van der Waals surface area contributed by atoms with E-state index in [1.807, 2.05) is 0 Å². The van der Waals surface area contributed by atoms with E-state index in [9.17, 15) is 4.79 Å². The van der Waals surface area contributed by atoms with Crippen LogP contribution in [0.15, 0.2) is 4.79 Å². The van der Waals surface area contributed by atoms with Gasteiger partial charge >= 0.3 is 0 Å². The Morgan fingerprint density at radius 3 is 2.82 bits per heavy atom. The van der Waals surface area contributed by atoms with E-state index in [-0.39, 0.29) is 5.56 Å². The summed E-state index contributed by atoms with van der Waals surface area (Å²) in [5.41, 5.74) is 3.50. The molecule has 0 spiro atoms. The summed E-state index contributed by atoms with van der Waals surface area (Å²) in [4.78, 5) is 14.7. The van der Waals surface area contributed by atoms with Crippen LogP contribution < -0.4 is 5.56 Å². The third kappa shape index (κ3) is 2.26. The molecule has 3 nitrogen and oxygen atoms in total. The molecule has 0 aliphatic heterocycles. The van der Waals surface area contributed by atoms with Crippen molar-refractivity contribution in [1.29, 1.82) is 5.26 Å². The van der Waals surface area contributed by atoms with Gasteiger partial charge in [0.2, 0.25) is 0 Å². The van der Waals surface area contributed by atoms with Gasteiger partial charge in [0.15, 0.2) is 0 Å². The number of hydrogen-bond acceptors (Lipinski definition) is 2. The molecule has 0 bridgehead atoms. The van der Waals surface area contributed by atoms with Gasteiger partial charge in [-0.05, 0) is 49.7 Å². The van der Waals surface area contributed by atoms with Crippen LogP contribution in [0.5, 0.6) is 0 Å². The molecule has 1 aromatic heterocycles. The Bertz CT molecular complexity index is 508. The zero-order valence-corrected chi connectivity index (χ0v) is 10.3. The van der Waals surface area contributed by atoms with Gasteiger partial charge in [0, 0.05) is 5.69 Å². The number of fused-ring (bicyclic) bond motifs is 1. The van der Waals surface area contributed by atoms with Gasteiger partial charge in [0.1, 0.15) is 11.6 Å². The molecule has 1 heterocycles. The predicted molar refractivity (Wildman–Crippen MR) is 67.0 cm³/mol. The summed E-state index contributed by atoms with van der Waals surface area (Å²) < 4.78 is 0. The van der Waals surface area contributed by atoms with Crippen molar-refractivity contribution in [3.63, 3.8) is 0 Å². The van der Waals surface area contributed by atoms with Crippen LogP contribution >= 0.6 is 0 Å². The fraction of sp³-hybridized carbons (Fsp3) is 0.571. The molecule has 0 saturated carbocycles. The first-order valence-electron chi connectivity index (χ1n) is 6.45. The predicted octanol–water partition coefficient (Wildman–Crippen LogP) is 2.47. The molecule has 0 radical (unpaired) electrons. The van der Waals surface area contributed by atoms with Crippen LogP contribution in [0, 0.1) is 11.3 Å². The fourth-order valence-electron chi connectivity index (χ4n) is 2.61. The summed E-state index contributed by atoms with van der Waals surface area (Å²) in [6.07, 6.45) is 7.28. The molecule has 17 heavy (non-hydrogen) atoms. The maximum absolute atomic E-state index is 11.8. The van der Waals surface area contributed by atoms with Gasteiger partial charge in [0.25, 0.3) is 5.56 Å². The zero-order valence-electron chi connectivity index (χ0n) is 10.3. The molecule has 0 saturated heterocycles. The molecule has 0 amide bonds. The molecule has 0 fully saturated rings. The number of aryl methyl sites for hydroxylation is 1. The van der Waals surface area contributed by atoms with Gasteiger partial charge in [-0.15, -0.1) is 0 Å². The van der Waals surface area contributed by atoms with Crippen LogP contribution in [0.25, 0.3) is 0 Å². The van der Waals surface area contributed by atoms with E-state index in [0.717, 1.165) is 49.8 Å². The van der Waals surface area contributed by atoms with Crippen LogP contribution in [0.1, 0.15) is 55.0 Å². The van der Waals surface area contributed by atoms with Crippen molar-refractivity contribution in [3.05, 3.63) is 32.7 Å². The zero-order chi connectivity index (χ0) is 12.3. The summed E-state index contributed by atoms with van der Waals surface area (Å²) in [5.74, 6) is 0. The monoisotopic (exact) mass is 230 g/mol. The van der Waals surface area contributed by atoms with Crippen LogP contribution in [-0.4, -0.2) is 4.98 Å². The highest BCUT2D eigenvalue weighted by Gasteiger charge is 2.19. The quantitative estimate of drug-likeness (QED) is 0.867. The highest BCUT2D eigenvalue weighted by Crippen LogP contribution is 2.24. The summed E-state index contributed by atoms with van der Waals surface area (Å²) >= 11 is 0. The van der Waals surface area contributed by atoms with Crippen LogP contribution in [-0.2, 0) is 19.3 Å². The number of unbranched alkanes of at least 4 members (excludes halogenated alkanes) is 1. The van der Waals surface area contributed by atoms with E-state index < -0.39 is 0 Å². The molecular weight excluding hydrogens is 212 g/mol. The smallest absolute Gasteiger partial charge is 0.266 e. The molecule has 0 atom stereocenters. The number of hydrogen-bond donors (Lipinski definition) is 1. The Labute approximate surface area is 101 Å². The molecular formula is C14H18N2O. The van der Waals surface area contributed by atoms with Gasteiger partial charge in [0.05, 0.1) is 0 Å². The van der Waals surface area contributed by atoms with Crippen molar-refractivity contribution < 1.29 is 0 Å². The Balaban J connectivity index is 2.54. The maximum Gasteiger partial charge on any atom is 0.266 e. The van der Waals surface area contributed by atoms with E-state index in [4.69, 9.17) is 5.26 Å². The topological polar surface area (TPSA) is 56.6 Å². The summed E-state index contributed by atoms with van der Waals surface area (Å²) in [7, 11) is 0. The summed E-state index contributed by atoms with van der Waals surface area (Å²) in [6, 6.07) is 2.08. The Morgan fingerprint density at radius 2 is 2.12 bits per heavy atom. The second-order valence-electron chi connectivity index (χ2n) is 4.69. The largest absolute Gasteiger partial charge is 0.325 e. The van der Waals surface area contributed by atoms with Crippen molar-refractivity contribution in [2.75, 3.05) is 0 Å². The van der Waals surface area contributed by atoms with Gasteiger partial charge in [-0.3, -0.25) is 4.79 Å². The number of H-pyrrole nitrogens is 1. The second-order valence-corrected chi connectivity index (χ2v) is 4.69. The average molecular weight is 230 g/mol. The molecule has 1 aliphatic carbocycles. The van der Waals surface area contributed by atoms with Crippen molar-refractivity contribution in [2.45, 2.75) is 51.9 Å². The van der Waals surface area contributed by atoms with Crippen molar-refractivity contribution in [3.8, 4) is 6.07 Å². The SMILES string of the molecule is CCCCc1c2c([nH]c(=O)c1C#N)CCCC2. The first-order valence-corrected chi connectivity index (χ1v) is 6.45. The minimum atomic E-state index is -0.195. The molecule has 90 valence electrons. The standard InChI is InChI=1S/C14H18N2O/c1-2-3-6-10-11-7-4-5-8-13(11)16-14(17)12(10)9-15/h2-8H2,1H3,(H,16,17). The third-order valence-corrected chi connectivity index (χ3v) is 3.52. The van der Waals surface area contributed by atoms with Crippen molar-refractivity contribution in [2.24, 2.45) is 0 Å². The number of nitriles is 1. The first-order chi connectivity index (χ1) is 8.27. The van der Waals surface area contributed by atoms with E-state index in [1.54, 1.807) is 0 Å². The number of rotatable bonds is 3. The first kappa shape index (κ1) is 11.9. The van der Waals surface area contributed by atoms with E-state index in [2.05, 4.69) is 18.0 Å². The van der Waals surface area contributed by atoms with Crippen molar-refractivity contribution >= 4 is 0 Å². The van der Waals surface area contributed by atoms with E-state index in [0.29, 0.717) is 5.56 Å². The van der Waals surface area contributed by atoms with E-state index >= 15 is 0 Å². The van der Waals surface area contributed by atoms with Gasteiger partial charge in [-0.1, -0.05) is 13.3 Å². The lowest BCUT2D eigenvalue weighted by Gasteiger charge is -2.19. The molecule has 0 aromatic carbocycles. The highest BCUT2D eigenvalue weighted by molar-refractivity contribution is 5.44. The van der Waals surface area contributed by atoms with Crippen LogP contribution in [0.3, 0.4) is 0 Å². The lowest BCUT2D eigenvalue weighted by Crippen LogP contribution is -2.21. The molecule has 1 aromatic rings. The minimum Gasteiger partial charge on any atom is -0.325 e. The maximum atomic E-state index is 11.8. The normalized spacial score (nSPS) is 14.1. The summed E-state index contributed by atoms with van der Waals surface area (Å²) in [5, 5.41) is 9.13. The number of aromatic amines is 1. The molecule has 3 heteroatoms. The Hall–Kier alpha value is -1.56. The molecule has 1 aliphatic rings. The third-order valence-electron chi connectivity index (χ3n) is 3.52. The van der Waals surface area contributed by atoms with Crippen LogP contribution in [0.4, 0.5) is 0 Å². The Morgan fingerprint density at radius 1 is 1.35 bits per heavy atom. The van der Waals surface area contributed by atoms with Gasteiger partial charge in [-0.25, -0.2) is 0 Å². The average Bonchev–Trinajstić information content (AvgIpc) is 2.35. The number of pyridine rings is 1. The highest BCUT2D eigenvalue weighted by atomic mass is 16.1. The van der Waals surface area contributed by atoms with Gasteiger partial charge in [-0.2, -0.15) is 5.26 Å². The fourth-order valence-corrected chi connectivity index (χ4v) is 2.61. The van der Waals surface area contributed by atoms with Gasteiger partial charge < -0.3 is 4.98 Å². The lowest BCUT2D eigenvalue weighted by atomic mass is 9.88. The second kappa shape index (κ2) is 5.18. The molecule has 1 N–H and O–H groups in total. The number of nitrogens with zero attached hydrogens (tertiary/aromatic N) is 1. The Kier molecular flexibility index (Phi) is 3.63. The minimum absolute atomic E-state index is 0.195. The number of aromatic nitrogens is 1.